The van der Waals surface area contributed by atoms with Gasteiger partial charge in [0.1, 0.15) is 17.5 Å². The predicted octanol–water partition coefficient (Wildman–Crippen LogP) is 1.69. The van der Waals surface area contributed by atoms with Gasteiger partial charge >= 0.3 is 5.97 Å². The number of carbonyl (C=O) groups excluding carboxylic acids is 1. The molecule has 116 valence electrons. The summed E-state index contributed by atoms with van der Waals surface area (Å²) < 4.78 is 10.5. The number of benzene rings is 1. The van der Waals surface area contributed by atoms with E-state index in [2.05, 4.69) is 5.32 Å². The molecule has 0 aliphatic heterocycles. The van der Waals surface area contributed by atoms with E-state index in [9.17, 15) is 9.59 Å². The van der Waals surface area contributed by atoms with Gasteiger partial charge in [0, 0.05) is 0 Å². The molecule has 1 aromatic carbocycles. The van der Waals surface area contributed by atoms with E-state index in [0.717, 1.165) is 0 Å². The molecule has 0 saturated heterocycles. The number of methoxy groups -OCH3 is 1. The van der Waals surface area contributed by atoms with Gasteiger partial charge in [0.2, 0.25) is 0 Å². The SMILES string of the molecule is COc1ccc(OC(C)C(=O)N[C@@H](C(=O)O)C(C)C)cc1. The molecule has 0 bridgehead atoms. The molecule has 1 aromatic rings. The minimum absolute atomic E-state index is 0.209. The third-order valence-corrected chi connectivity index (χ3v) is 2.97. The van der Waals surface area contributed by atoms with Gasteiger partial charge < -0.3 is 19.9 Å². The molecule has 1 rings (SSSR count). The van der Waals surface area contributed by atoms with Gasteiger partial charge in [-0.05, 0) is 37.1 Å². The van der Waals surface area contributed by atoms with E-state index in [4.69, 9.17) is 14.6 Å². The van der Waals surface area contributed by atoms with Crippen LogP contribution in [0.5, 0.6) is 11.5 Å². The zero-order chi connectivity index (χ0) is 16.0. The summed E-state index contributed by atoms with van der Waals surface area (Å²) in [4.78, 5) is 23.0. The zero-order valence-corrected chi connectivity index (χ0v) is 12.6. The monoisotopic (exact) mass is 295 g/mol. The first kappa shape index (κ1) is 16.8. The molecule has 0 aliphatic carbocycles. The molecule has 6 heteroatoms. The molecule has 21 heavy (non-hydrogen) atoms. The van der Waals surface area contributed by atoms with Crippen molar-refractivity contribution in [3.05, 3.63) is 24.3 Å². The van der Waals surface area contributed by atoms with E-state index in [-0.39, 0.29) is 5.92 Å². The third kappa shape index (κ3) is 4.98. The Bertz CT molecular complexity index is 483. The van der Waals surface area contributed by atoms with Crippen molar-refractivity contribution in [1.82, 2.24) is 5.32 Å². The average Bonchev–Trinajstić information content (AvgIpc) is 2.44. The van der Waals surface area contributed by atoms with Gasteiger partial charge in [0.25, 0.3) is 5.91 Å². The number of nitrogens with one attached hydrogen (secondary N) is 1. The second kappa shape index (κ2) is 7.52. The van der Waals surface area contributed by atoms with Crippen LogP contribution in [0.4, 0.5) is 0 Å². The quantitative estimate of drug-likeness (QED) is 0.799. The molecule has 0 fully saturated rings. The van der Waals surface area contributed by atoms with Crippen LogP contribution in [0.2, 0.25) is 0 Å². The lowest BCUT2D eigenvalue weighted by Crippen LogP contribution is -2.48. The van der Waals surface area contributed by atoms with Crippen molar-refractivity contribution >= 4 is 11.9 Å². The fourth-order valence-electron chi connectivity index (χ4n) is 1.70. The summed E-state index contributed by atoms with van der Waals surface area (Å²) >= 11 is 0. The molecule has 6 nitrogen and oxygen atoms in total. The number of rotatable bonds is 7. The number of carbonyl (C=O) groups is 2. The van der Waals surface area contributed by atoms with Crippen LogP contribution in [0.25, 0.3) is 0 Å². The van der Waals surface area contributed by atoms with Crippen LogP contribution in [0, 0.1) is 5.92 Å². The number of hydrogen-bond acceptors (Lipinski definition) is 4. The second-order valence-electron chi connectivity index (χ2n) is 5.00. The van der Waals surface area contributed by atoms with Crippen molar-refractivity contribution in [2.75, 3.05) is 7.11 Å². The van der Waals surface area contributed by atoms with Crippen LogP contribution in [-0.2, 0) is 9.59 Å². The fraction of sp³-hybridized carbons (Fsp3) is 0.467. The number of amides is 1. The Morgan fingerprint density at radius 3 is 2.05 bits per heavy atom. The summed E-state index contributed by atoms with van der Waals surface area (Å²) in [7, 11) is 1.56. The molecule has 0 radical (unpaired) electrons. The normalized spacial score (nSPS) is 13.4. The first-order valence-corrected chi connectivity index (χ1v) is 6.69. The van der Waals surface area contributed by atoms with Gasteiger partial charge in [-0.1, -0.05) is 13.8 Å². The molecule has 0 spiro atoms. The molecule has 0 aliphatic rings. The summed E-state index contributed by atoms with van der Waals surface area (Å²) in [6.07, 6.45) is -0.793. The molecule has 0 aromatic heterocycles. The van der Waals surface area contributed by atoms with Gasteiger partial charge in [-0.3, -0.25) is 4.79 Å². The van der Waals surface area contributed by atoms with E-state index >= 15 is 0 Å². The van der Waals surface area contributed by atoms with Crippen LogP contribution in [-0.4, -0.2) is 36.2 Å². The van der Waals surface area contributed by atoms with Crippen molar-refractivity contribution in [3.8, 4) is 11.5 Å². The number of hydrogen-bond donors (Lipinski definition) is 2. The van der Waals surface area contributed by atoms with Gasteiger partial charge in [0.15, 0.2) is 6.10 Å². The fourth-order valence-corrected chi connectivity index (χ4v) is 1.70. The summed E-state index contributed by atoms with van der Waals surface area (Å²) in [5, 5.41) is 11.5. The molecule has 0 saturated carbocycles. The highest BCUT2D eigenvalue weighted by Crippen LogP contribution is 2.18. The topological polar surface area (TPSA) is 84.9 Å². The van der Waals surface area contributed by atoms with E-state index < -0.39 is 24.0 Å². The van der Waals surface area contributed by atoms with Crippen LogP contribution in [0.3, 0.4) is 0 Å². The minimum atomic E-state index is -1.06. The van der Waals surface area contributed by atoms with Crippen molar-refractivity contribution in [2.24, 2.45) is 5.92 Å². The van der Waals surface area contributed by atoms with Crippen LogP contribution >= 0.6 is 0 Å². The van der Waals surface area contributed by atoms with Crippen molar-refractivity contribution in [1.29, 1.82) is 0 Å². The van der Waals surface area contributed by atoms with Crippen LogP contribution in [0.15, 0.2) is 24.3 Å². The number of carboxylic acid groups (broad SMARTS) is 1. The lowest BCUT2D eigenvalue weighted by atomic mass is 10.0. The number of ether oxygens (including phenoxy) is 2. The van der Waals surface area contributed by atoms with Crippen molar-refractivity contribution < 1.29 is 24.2 Å². The molecule has 1 unspecified atom stereocenters. The smallest absolute Gasteiger partial charge is 0.326 e. The molecular weight excluding hydrogens is 274 g/mol. The van der Waals surface area contributed by atoms with E-state index in [0.29, 0.717) is 11.5 Å². The average molecular weight is 295 g/mol. The Morgan fingerprint density at radius 2 is 1.62 bits per heavy atom. The molecular formula is C15H21NO5. The maximum absolute atomic E-state index is 12.0. The number of aliphatic carboxylic acids is 1. The van der Waals surface area contributed by atoms with Crippen LogP contribution < -0.4 is 14.8 Å². The second-order valence-corrected chi connectivity index (χ2v) is 5.00. The molecule has 1 amide bonds. The predicted molar refractivity (Wildman–Crippen MR) is 77.5 cm³/mol. The van der Waals surface area contributed by atoms with E-state index in [1.54, 1.807) is 52.1 Å². The maximum atomic E-state index is 12.0. The third-order valence-electron chi connectivity index (χ3n) is 2.97. The Balaban J connectivity index is 2.63. The first-order chi connectivity index (χ1) is 9.85. The Labute approximate surface area is 124 Å². The van der Waals surface area contributed by atoms with E-state index in [1.807, 2.05) is 0 Å². The lowest BCUT2D eigenvalue weighted by molar-refractivity contribution is -0.144. The molecule has 2 N–H and O–H groups in total. The van der Waals surface area contributed by atoms with Crippen LogP contribution in [0.1, 0.15) is 20.8 Å². The standard InChI is InChI=1S/C15H21NO5/c1-9(2)13(15(18)19)16-14(17)10(3)21-12-7-5-11(20-4)6-8-12/h5-10,13H,1-4H3,(H,16,17)(H,18,19)/t10?,13-/m1/s1. The van der Waals surface area contributed by atoms with Crippen molar-refractivity contribution in [3.63, 3.8) is 0 Å². The largest absolute Gasteiger partial charge is 0.497 e. The Kier molecular flexibility index (Phi) is 6.02. The van der Waals surface area contributed by atoms with Gasteiger partial charge in [-0.15, -0.1) is 0 Å². The van der Waals surface area contributed by atoms with Gasteiger partial charge in [0.05, 0.1) is 7.11 Å². The van der Waals surface area contributed by atoms with Gasteiger partial charge in [-0.25, -0.2) is 4.79 Å². The lowest BCUT2D eigenvalue weighted by Gasteiger charge is -2.21. The summed E-state index contributed by atoms with van der Waals surface area (Å²) in [5.41, 5.74) is 0. The van der Waals surface area contributed by atoms with Gasteiger partial charge in [-0.2, -0.15) is 0 Å². The number of carboxylic acids is 1. The highest BCUT2D eigenvalue weighted by molar-refractivity contribution is 5.86. The Morgan fingerprint density at radius 1 is 1.10 bits per heavy atom. The molecule has 2 atom stereocenters. The maximum Gasteiger partial charge on any atom is 0.326 e. The molecule has 0 heterocycles. The summed E-state index contributed by atoms with van der Waals surface area (Å²) in [5.74, 6) is -0.540. The summed E-state index contributed by atoms with van der Waals surface area (Å²) in [6.45, 7) is 5.03. The zero-order valence-electron chi connectivity index (χ0n) is 12.6. The minimum Gasteiger partial charge on any atom is -0.497 e. The van der Waals surface area contributed by atoms with Crippen molar-refractivity contribution in [2.45, 2.75) is 32.9 Å². The van der Waals surface area contributed by atoms with E-state index in [1.165, 1.54) is 0 Å². The Hall–Kier alpha value is -2.24. The highest BCUT2D eigenvalue weighted by Gasteiger charge is 2.26. The first-order valence-electron chi connectivity index (χ1n) is 6.69. The highest BCUT2D eigenvalue weighted by atomic mass is 16.5. The summed E-state index contributed by atoms with van der Waals surface area (Å²) in [6, 6.07) is 5.86.